The minimum atomic E-state index is -0.823. The summed E-state index contributed by atoms with van der Waals surface area (Å²) in [7, 11) is 0. The van der Waals surface area contributed by atoms with E-state index in [0.717, 1.165) is 15.8 Å². The van der Waals surface area contributed by atoms with E-state index in [1.807, 2.05) is 18.2 Å². The average Bonchev–Trinajstić information content (AvgIpc) is 2.17. The highest BCUT2D eigenvalue weighted by atomic mass is 79.9. The summed E-state index contributed by atoms with van der Waals surface area (Å²) in [6.07, 6.45) is 0.740. The Morgan fingerprint density at radius 3 is 3.20 bits per heavy atom. The summed E-state index contributed by atoms with van der Waals surface area (Å²) in [5.74, 6) is -0.0670. The predicted octanol–water partition coefficient (Wildman–Crippen LogP) is 1.73. The highest BCUT2D eigenvalue weighted by Gasteiger charge is 2.21. The SMILES string of the molecule is O=C(O)C[C@H]1Cc2ccc(Br)cc2ON1. The molecule has 0 spiro atoms. The van der Waals surface area contributed by atoms with Crippen molar-refractivity contribution in [3.63, 3.8) is 0 Å². The molecule has 5 heteroatoms. The van der Waals surface area contributed by atoms with Crippen LogP contribution >= 0.6 is 15.9 Å². The van der Waals surface area contributed by atoms with Crippen LogP contribution in [-0.2, 0) is 11.2 Å². The summed E-state index contributed by atoms with van der Waals surface area (Å²) >= 11 is 3.34. The summed E-state index contributed by atoms with van der Waals surface area (Å²) in [5.41, 5.74) is 3.76. The molecular formula is C10H10BrNO3. The van der Waals surface area contributed by atoms with E-state index >= 15 is 0 Å². The monoisotopic (exact) mass is 271 g/mol. The normalized spacial score (nSPS) is 19.1. The van der Waals surface area contributed by atoms with Crippen LogP contribution < -0.4 is 10.3 Å². The van der Waals surface area contributed by atoms with E-state index in [9.17, 15) is 4.79 Å². The van der Waals surface area contributed by atoms with Gasteiger partial charge >= 0.3 is 5.97 Å². The third kappa shape index (κ3) is 2.49. The molecule has 0 saturated heterocycles. The van der Waals surface area contributed by atoms with Gasteiger partial charge in [0.15, 0.2) is 5.75 Å². The van der Waals surface area contributed by atoms with Crippen LogP contribution in [0.3, 0.4) is 0 Å². The molecule has 1 atom stereocenters. The molecule has 1 aromatic rings. The van der Waals surface area contributed by atoms with Crippen molar-refractivity contribution in [2.24, 2.45) is 0 Å². The lowest BCUT2D eigenvalue weighted by atomic mass is 10.0. The molecule has 1 aromatic carbocycles. The third-order valence-electron chi connectivity index (χ3n) is 2.25. The van der Waals surface area contributed by atoms with Gasteiger partial charge in [0.2, 0.25) is 0 Å². The molecule has 0 radical (unpaired) electrons. The van der Waals surface area contributed by atoms with Crippen molar-refractivity contribution in [3.8, 4) is 5.75 Å². The molecule has 0 fully saturated rings. The lowest BCUT2D eigenvalue weighted by Crippen LogP contribution is -2.39. The maximum absolute atomic E-state index is 10.5. The zero-order chi connectivity index (χ0) is 10.8. The fourth-order valence-corrected chi connectivity index (χ4v) is 1.91. The number of rotatable bonds is 2. The Morgan fingerprint density at radius 2 is 2.47 bits per heavy atom. The maximum atomic E-state index is 10.5. The van der Waals surface area contributed by atoms with Gasteiger partial charge in [-0.3, -0.25) is 4.79 Å². The molecule has 0 aliphatic carbocycles. The van der Waals surface area contributed by atoms with E-state index in [4.69, 9.17) is 9.94 Å². The number of benzene rings is 1. The van der Waals surface area contributed by atoms with Gasteiger partial charge in [-0.25, -0.2) is 0 Å². The van der Waals surface area contributed by atoms with Crippen LogP contribution in [0.15, 0.2) is 22.7 Å². The molecule has 1 aliphatic rings. The molecular weight excluding hydrogens is 262 g/mol. The fraction of sp³-hybridized carbons (Fsp3) is 0.300. The highest BCUT2D eigenvalue weighted by molar-refractivity contribution is 9.10. The predicted molar refractivity (Wildman–Crippen MR) is 57.7 cm³/mol. The molecule has 0 amide bonds. The van der Waals surface area contributed by atoms with Crippen molar-refractivity contribution in [1.82, 2.24) is 5.48 Å². The summed E-state index contributed by atoms with van der Waals surface area (Å²) in [4.78, 5) is 15.8. The van der Waals surface area contributed by atoms with Crippen LogP contribution in [0, 0.1) is 0 Å². The van der Waals surface area contributed by atoms with E-state index in [0.29, 0.717) is 6.42 Å². The molecule has 0 aromatic heterocycles. The van der Waals surface area contributed by atoms with Crippen molar-refractivity contribution in [1.29, 1.82) is 0 Å². The minimum Gasteiger partial charge on any atom is -0.481 e. The first kappa shape index (κ1) is 10.4. The summed E-state index contributed by atoms with van der Waals surface area (Å²) in [6, 6.07) is 5.57. The van der Waals surface area contributed by atoms with Gasteiger partial charge in [0.1, 0.15) is 0 Å². The van der Waals surface area contributed by atoms with Crippen LogP contribution in [0.1, 0.15) is 12.0 Å². The first-order chi connectivity index (χ1) is 7.15. The Balaban J connectivity index is 2.13. The van der Waals surface area contributed by atoms with Gasteiger partial charge in [-0.1, -0.05) is 22.0 Å². The van der Waals surface area contributed by atoms with E-state index in [1.54, 1.807) is 0 Å². The molecule has 2 N–H and O–H groups in total. The van der Waals surface area contributed by atoms with Crippen LogP contribution in [0.5, 0.6) is 5.75 Å². The Morgan fingerprint density at radius 1 is 1.67 bits per heavy atom. The molecule has 0 unspecified atom stereocenters. The van der Waals surface area contributed by atoms with Crippen LogP contribution in [-0.4, -0.2) is 17.1 Å². The third-order valence-corrected chi connectivity index (χ3v) is 2.75. The highest BCUT2D eigenvalue weighted by Crippen LogP contribution is 2.27. The Bertz CT molecular complexity index is 394. The van der Waals surface area contributed by atoms with Crippen LogP contribution in [0.2, 0.25) is 0 Å². The number of nitrogens with one attached hydrogen (secondary N) is 1. The molecule has 4 nitrogen and oxygen atoms in total. The summed E-state index contributed by atoms with van der Waals surface area (Å²) in [5, 5.41) is 8.65. The molecule has 80 valence electrons. The van der Waals surface area contributed by atoms with Crippen LogP contribution in [0.4, 0.5) is 0 Å². The Labute approximate surface area is 95.3 Å². The Kier molecular flexibility index (Phi) is 2.93. The molecule has 0 saturated carbocycles. The minimum absolute atomic E-state index is 0.0650. The number of carboxylic acid groups (broad SMARTS) is 1. The van der Waals surface area contributed by atoms with Gasteiger partial charge in [-0.2, -0.15) is 5.48 Å². The number of aliphatic carboxylic acids is 1. The van der Waals surface area contributed by atoms with Crippen LogP contribution in [0.25, 0.3) is 0 Å². The average molecular weight is 272 g/mol. The lowest BCUT2D eigenvalue weighted by Gasteiger charge is -2.24. The van der Waals surface area contributed by atoms with E-state index in [-0.39, 0.29) is 12.5 Å². The first-order valence-electron chi connectivity index (χ1n) is 4.58. The van der Waals surface area contributed by atoms with Crippen molar-refractivity contribution < 1.29 is 14.7 Å². The molecule has 0 bridgehead atoms. The summed E-state index contributed by atoms with van der Waals surface area (Å²) in [6.45, 7) is 0. The zero-order valence-electron chi connectivity index (χ0n) is 7.87. The van der Waals surface area contributed by atoms with E-state index in [2.05, 4.69) is 21.4 Å². The molecule has 1 aliphatic heterocycles. The number of hydrogen-bond acceptors (Lipinski definition) is 3. The molecule has 15 heavy (non-hydrogen) atoms. The quantitative estimate of drug-likeness (QED) is 0.860. The molecule has 2 rings (SSSR count). The standard InChI is InChI=1S/C10H10BrNO3/c11-7-2-1-6-3-8(5-10(13)14)12-15-9(6)4-7/h1-2,4,8,12H,3,5H2,(H,13,14)/t8-/m1/s1. The van der Waals surface area contributed by atoms with Gasteiger partial charge in [0.25, 0.3) is 0 Å². The van der Waals surface area contributed by atoms with Gasteiger partial charge in [-0.15, -0.1) is 0 Å². The largest absolute Gasteiger partial charge is 0.481 e. The number of fused-ring (bicyclic) bond motifs is 1. The van der Waals surface area contributed by atoms with Gasteiger partial charge in [0.05, 0.1) is 12.5 Å². The first-order valence-corrected chi connectivity index (χ1v) is 5.37. The number of hydrogen-bond donors (Lipinski definition) is 2. The second-order valence-corrected chi connectivity index (χ2v) is 4.39. The second kappa shape index (κ2) is 4.20. The smallest absolute Gasteiger partial charge is 0.305 e. The van der Waals surface area contributed by atoms with Crippen molar-refractivity contribution in [3.05, 3.63) is 28.2 Å². The lowest BCUT2D eigenvalue weighted by molar-refractivity contribution is -0.138. The topological polar surface area (TPSA) is 58.6 Å². The number of carboxylic acids is 1. The molecule has 1 heterocycles. The van der Waals surface area contributed by atoms with Gasteiger partial charge in [-0.05, 0) is 24.1 Å². The Hall–Kier alpha value is -1.07. The summed E-state index contributed by atoms with van der Waals surface area (Å²) < 4.78 is 0.944. The van der Waals surface area contributed by atoms with Crippen molar-refractivity contribution >= 4 is 21.9 Å². The fourth-order valence-electron chi connectivity index (χ4n) is 1.57. The van der Waals surface area contributed by atoms with Crippen molar-refractivity contribution in [2.45, 2.75) is 18.9 Å². The van der Waals surface area contributed by atoms with Gasteiger partial charge in [0, 0.05) is 4.47 Å². The number of hydroxylamine groups is 1. The number of carbonyl (C=O) groups is 1. The second-order valence-electron chi connectivity index (χ2n) is 3.47. The maximum Gasteiger partial charge on any atom is 0.305 e. The van der Waals surface area contributed by atoms with Crippen molar-refractivity contribution in [2.75, 3.05) is 0 Å². The number of halogens is 1. The van der Waals surface area contributed by atoms with E-state index < -0.39 is 5.97 Å². The van der Waals surface area contributed by atoms with Gasteiger partial charge < -0.3 is 9.94 Å². The zero-order valence-corrected chi connectivity index (χ0v) is 9.45. The van der Waals surface area contributed by atoms with E-state index in [1.165, 1.54) is 0 Å².